The molecule has 1 atom stereocenters. The maximum atomic E-state index is 10.6. The highest BCUT2D eigenvalue weighted by atomic mass is 79.9. The average Bonchev–Trinajstić information content (AvgIpc) is 2.28. The Kier molecular flexibility index (Phi) is 9.07. The molecule has 0 saturated carbocycles. The second kappa shape index (κ2) is 9.37. The lowest BCUT2D eigenvalue weighted by Crippen LogP contribution is -2.37. The fourth-order valence-electron chi connectivity index (χ4n) is 1.14. The molecule has 3 nitrogen and oxygen atoms in total. The predicted molar refractivity (Wildman–Crippen MR) is 80.0 cm³/mol. The van der Waals surface area contributed by atoms with Crippen LogP contribution in [0.15, 0.2) is 12.7 Å². The summed E-state index contributed by atoms with van der Waals surface area (Å²) in [4.78, 5) is 11.4. The molecule has 0 aromatic rings. The second-order valence-corrected chi connectivity index (χ2v) is 10.1. The van der Waals surface area contributed by atoms with Gasteiger partial charge in [0.15, 0.2) is 8.32 Å². The van der Waals surface area contributed by atoms with Crippen molar-refractivity contribution in [2.24, 2.45) is 0 Å². The molecule has 0 aliphatic rings. The molecule has 0 spiro atoms. The van der Waals surface area contributed by atoms with Crippen LogP contribution in [0.3, 0.4) is 0 Å². The Morgan fingerprint density at radius 2 is 2.22 bits per heavy atom. The van der Waals surface area contributed by atoms with E-state index < -0.39 is 8.32 Å². The van der Waals surface area contributed by atoms with Gasteiger partial charge in [-0.3, -0.25) is 4.79 Å². The highest BCUT2D eigenvalue weighted by Crippen LogP contribution is 2.13. The van der Waals surface area contributed by atoms with Gasteiger partial charge in [-0.25, -0.2) is 0 Å². The van der Waals surface area contributed by atoms with Crippen molar-refractivity contribution in [1.82, 2.24) is 0 Å². The van der Waals surface area contributed by atoms with E-state index in [4.69, 9.17) is 9.16 Å². The molecular weight excluding hydrogens is 312 g/mol. The summed E-state index contributed by atoms with van der Waals surface area (Å²) in [5.74, 6) is 5.77. The minimum absolute atomic E-state index is 0.112. The number of alkyl halides is 1. The molecule has 0 saturated heterocycles. The zero-order chi connectivity index (χ0) is 14.0. The van der Waals surface area contributed by atoms with Crippen LogP contribution < -0.4 is 0 Å². The summed E-state index contributed by atoms with van der Waals surface area (Å²) < 4.78 is 10.8. The first-order valence-electron chi connectivity index (χ1n) is 5.87. The molecule has 0 aliphatic carbocycles. The zero-order valence-electron chi connectivity index (χ0n) is 11.3. The minimum Gasteiger partial charge on any atom is -0.465 e. The molecule has 0 N–H and O–H groups in total. The maximum Gasteiger partial charge on any atom is 0.302 e. The van der Waals surface area contributed by atoms with Crippen molar-refractivity contribution < 1.29 is 14.0 Å². The number of ether oxygens (including phenoxy) is 1. The highest BCUT2D eigenvalue weighted by molar-refractivity contribution is 9.09. The van der Waals surface area contributed by atoms with Gasteiger partial charge in [0.2, 0.25) is 0 Å². The van der Waals surface area contributed by atoms with Crippen LogP contribution in [0, 0.1) is 11.8 Å². The van der Waals surface area contributed by atoms with E-state index in [1.807, 2.05) is 6.08 Å². The number of hydrogen-bond donors (Lipinski definition) is 0. The lowest BCUT2D eigenvalue weighted by atomic mass is 10.2. The molecule has 1 unspecified atom stereocenters. The fourth-order valence-corrected chi connectivity index (χ4v) is 2.52. The molecular formula is C13H21BrO3Si. The topological polar surface area (TPSA) is 35.5 Å². The summed E-state index contributed by atoms with van der Waals surface area (Å²) >= 11 is 3.46. The van der Waals surface area contributed by atoms with Crippen LogP contribution in [0.25, 0.3) is 0 Å². The molecule has 0 amide bonds. The number of carbonyl (C=O) groups excluding carboxylic acids is 1. The Balaban J connectivity index is 4.22. The smallest absolute Gasteiger partial charge is 0.302 e. The van der Waals surface area contributed by atoms with Gasteiger partial charge in [0.25, 0.3) is 0 Å². The van der Waals surface area contributed by atoms with E-state index >= 15 is 0 Å². The van der Waals surface area contributed by atoms with Crippen molar-refractivity contribution in [3.8, 4) is 11.8 Å². The molecule has 0 fully saturated rings. The predicted octanol–water partition coefficient (Wildman–Crippen LogP) is 3.04. The summed E-state index contributed by atoms with van der Waals surface area (Å²) in [6.45, 7) is 9.71. The van der Waals surface area contributed by atoms with Gasteiger partial charge in [-0.15, -0.1) is 6.58 Å². The van der Waals surface area contributed by atoms with E-state index in [0.717, 1.165) is 4.95 Å². The van der Waals surface area contributed by atoms with E-state index in [-0.39, 0.29) is 12.1 Å². The van der Waals surface area contributed by atoms with Gasteiger partial charge < -0.3 is 9.16 Å². The summed E-state index contributed by atoms with van der Waals surface area (Å²) in [7, 11) is -1.68. The van der Waals surface area contributed by atoms with Crippen LogP contribution in [-0.4, -0.2) is 32.0 Å². The monoisotopic (exact) mass is 332 g/mol. The van der Waals surface area contributed by atoms with E-state index in [1.165, 1.54) is 6.92 Å². The van der Waals surface area contributed by atoms with Gasteiger partial charge in [-0.2, -0.15) is 0 Å². The lowest BCUT2D eigenvalue weighted by Gasteiger charge is -2.24. The standard InChI is InChI=1S/C13H21BrO3Si/c1-5-8-13(17-18(3,4)11-14)9-6-7-10-16-12(2)15/h5,13H,1,7-8,10-11H2,2-4H3. The first-order chi connectivity index (χ1) is 8.41. The van der Waals surface area contributed by atoms with Crippen molar-refractivity contribution in [3.05, 3.63) is 12.7 Å². The third-order valence-electron chi connectivity index (χ3n) is 1.96. The number of halogens is 1. The van der Waals surface area contributed by atoms with Gasteiger partial charge in [-0.05, 0) is 13.1 Å². The third-order valence-corrected chi connectivity index (χ3v) is 7.58. The van der Waals surface area contributed by atoms with Gasteiger partial charge in [0.05, 0.1) is 0 Å². The summed E-state index contributed by atoms with van der Waals surface area (Å²) in [6, 6.07) is 0. The zero-order valence-corrected chi connectivity index (χ0v) is 13.9. The summed E-state index contributed by atoms with van der Waals surface area (Å²) in [5, 5.41) is 0. The number of hydrogen-bond acceptors (Lipinski definition) is 3. The van der Waals surface area contributed by atoms with Crippen molar-refractivity contribution in [1.29, 1.82) is 0 Å². The van der Waals surface area contributed by atoms with Gasteiger partial charge in [-0.1, -0.05) is 33.8 Å². The van der Waals surface area contributed by atoms with Crippen molar-refractivity contribution in [3.63, 3.8) is 0 Å². The Labute approximate surface area is 119 Å². The lowest BCUT2D eigenvalue weighted by molar-refractivity contribution is -0.140. The SMILES string of the molecule is C=CCC(C#CCCOC(C)=O)O[Si](C)(C)CBr. The van der Waals surface area contributed by atoms with Crippen LogP contribution in [0.2, 0.25) is 13.1 Å². The van der Waals surface area contributed by atoms with E-state index in [9.17, 15) is 4.79 Å². The van der Waals surface area contributed by atoms with E-state index in [2.05, 4.69) is 47.4 Å². The third kappa shape index (κ3) is 9.46. The van der Waals surface area contributed by atoms with Crippen molar-refractivity contribution >= 4 is 30.2 Å². The molecule has 102 valence electrons. The van der Waals surface area contributed by atoms with Crippen LogP contribution >= 0.6 is 15.9 Å². The Morgan fingerprint density at radius 3 is 2.72 bits per heavy atom. The Bertz CT molecular complexity index is 331. The molecule has 0 aliphatic heterocycles. The number of rotatable bonds is 7. The van der Waals surface area contributed by atoms with Crippen LogP contribution in [0.5, 0.6) is 0 Å². The van der Waals surface area contributed by atoms with Crippen LogP contribution in [-0.2, 0) is 14.0 Å². The quantitative estimate of drug-likeness (QED) is 0.179. The second-order valence-electron chi connectivity index (χ2n) is 4.44. The van der Waals surface area contributed by atoms with Crippen molar-refractivity contribution in [2.45, 2.75) is 39.0 Å². The first kappa shape index (κ1) is 17.4. The van der Waals surface area contributed by atoms with Crippen LogP contribution in [0.1, 0.15) is 19.8 Å². The summed E-state index contributed by atoms with van der Waals surface area (Å²) in [6.07, 6.45) is 2.94. The molecule has 0 heterocycles. The first-order valence-corrected chi connectivity index (χ1v) is 10.1. The molecule has 5 heteroatoms. The average molecular weight is 333 g/mol. The molecule has 18 heavy (non-hydrogen) atoms. The maximum absolute atomic E-state index is 10.6. The normalized spacial score (nSPS) is 12.2. The summed E-state index contributed by atoms with van der Waals surface area (Å²) in [5.41, 5.74) is 0. The molecule has 0 bridgehead atoms. The molecule has 0 aromatic heterocycles. The minimum atomic E-state index is -1.68. The molecule has 0 rings (SSSR count). The highest BCUT2D eigenvalue weighted by Gasteiger charge is 2.23. The van der Waals surface area contributed by atoms with Crippen molar-refractivity contribution in [2.75, 3.05) is 11.6 Å². The van der Waals surface area contributed by atoms with E-state index in [0.29, 0.717) is 19.4 Å². The van der Waals surface area contributed by atoms with Gasteiger partial charge in [0.1, 0.15) is 12.7 Å². The fraction of sp³-hybridized carbons (Fsp3) is 0.615. The van der Waals surface area contributed by atoms with Gasteiger partial charge >= 0.3 is 5.97 Å². The Morgan fingerprint density at radius 1 is 1.56 bits per heavy atom. The largest absolute Gasteiger partial charge is 0.465 e. The number of esters is 1. The van der Waals surface area contributed by atoms with Gasteiger partial charge in [0, 0.05) is 24.7 Å². The molecule has 0 radical (unpaired) electrons. The Hall–Kier alpha value is -0.573. The van der Waals surface area contributed by atoms with E-state index in [1.54, 1.807) is 0 Å². The number of carbonyl (C=O) groups is 1. The molecule has 0 aromatic carbocycles. The van der Waals surface area contributed by atoms with Crippen LogP contribution in [0.4, 0.5) is 0 Å².